The van der Waals surface area contributed by atoms with Gasteiger partial charge in [0.2, 0.25) is 0 Å². The molecule has 0 aliphatic carbocycles. The second-order valence-electron chi connectivity index (χ2n) is 6.02. The number of carbonyl (C=O) groups is 2. The first-order valence-corrected chi connectivity index (χ1v) is 7.04. The fraction of sp³-hybridized carbons (Fsp3) is 0.857. The summed E-state index contributed by atoms with van der Waals surface area (Å²) in [7, 11) is 1.80. The number of aliphatic carboxylic acids is 1. The summed E-state index contributed by atoms with van der Waals surface area (Å²) >= 11 is 0. The van der Waals surface area contributed by atoms with Gasteiger partial charge in [0.15, 0.2) is 0 Å². The minimum atomic E-state index is -0.784. The summed E-state index contributed by atoms with van der Waals surface area (Å²) in [6.07, 6.45) is 2.69. The summed E-state index contributed by atoms with van der Waals surface area (Å²) in [5.74, 6) is -0.758. The van der Waals surface area contributed by atoms with Crippen molar-refractivity contribution in [3.05, 3.63) is 0 Å². The minimum absolute atomic E-state index is 0.0211. The normalized spacial score (nSPS) is 20.2. The average Bonchev–Trinajstić information content (AvgIpc) is 2.38. The average molecular weight is 270 g/mol. The molecule has 1 atom stereocenters. The van der Waals surface area contributed by atoms with Crippen molar-refractivity contribution < 1.29 is 14.7 Å². The zero-order chi connectivity index (χ0) is 14.6. The molecule has 0 aromatic heterocycles. The van der Waals surface area contributed by atoms with E-state index in [2.05, 4.69) is 0 Å². The van der Waals surface area contributed by atoms with E-state index >= 15 is 0 Å². The third-order valence-corrected chi connectivity index (χ3v) is 4.15. The van der Waals surface area contributed by atoms with Crippen molar-refractivity contribution >= 4 is 12.0 Å². The maximum Gasteiger partial charge on any atom is 0.319 e. The zero-order valence-electron chi connectivity index (χ0n) is 12.5. The molecule has 0 bridgehead atoms. The summed E-state index contributed by atoms with van der Waals surface area (Å²) < 4.78 is 0. The molecular weight excluding hydrogens is 244 g/mol. The highest BCUT2D eigenvalue weighted by Gasteiger charge is 2.40. The van der Waals surface area contributed by atoms with Crippen LogP contribution in [0.5, 0.6) is 0 Å². The van der Waals surface area contributed by atoms with Gasteiger partial charge in [-0.3, -0.25) is 4.79 Å². The van der Waals surface area contributed by atoms with Crippen LogP contribution in [0, 0.1) is 11.3 Å². The summed E-state index contributed by atoms with van der Waals surface area (Å²) in [5.41, 5.74) is -0.776. The van der Waals surface area contributed by atoms with Crippen molar-refractivity contribution in [2.24, 2.45) is 11.3 Å². The van der Waals surface area contributed by atoms with Crippen molar-refractivity contribution in [2.45, 2.75) is 40.0 Å². The number of urea groups is 1. The van der Waals surface area contributed by atoms with Crippen LogP contribution in [0.25, 0.3) is 0 Å². The molecule has 1 aliphatic heterocycles. The molecule has 5 heteroatoms. The molecule has 1 fully saturated rings. The van der Waals surface area contributed by atoms with E-state index in [1.165, 1.54) is 0 Å². The third kappa shape index (κ3) is 3.61. The Morgan fingerprint density at radius 3 is 2.58 bits per heavy atom. The number of nitrogens with zero attached hydrogens (tertiary/aromatic N) is 2. The molecule has 2 amide bonds. The van der Waals surface area contributed by atoms with Crippen LogP contribution in [-0.4, -0.2) is 53.6 Å². The maximum atomic E-state index is 12.2. The van der Waals surface area contributed by atoms with E-state index in [1.54, 1.807) is 30.7 Å². The first-order valence-electron chi connectivity index (χ1n) is 7.04. The molecule has 1 rings (SSSR count). The van der Waals surface area contributed by atoms with Crippen molar-refractivity contribution in [3.8, 4) is 0 Å². The number of piperidine rings is 1. The fourth-order valence-electron chi connectivity index (χ4n) is 2.59. The largest absolute Gasteiger partial charge is 0.481 e. The minimum Gasteiger partial charge on any atom is -0.481 e. The Labute approximate surface area is 115 Å². The van der Waals surface area contributed by atoms with E-state index in [4.69, 9.17) is 0 Å². The number of likely N-dealkylation sites (tertiary alicyclic amines) is 1. The van der Waals surface area contributed by atoms with Crippen LogP contribution in [0.4, 0.5) is 4.79 Å². The number of carboxylic acids is 1. The first-order chi connectivity index (χ1) is 8.80. The van der Waals surface area contributed by atoms with Crippen LogP contribution in [0.2, 0.25) is 0 Å². The van der Waals surface area contributed by atoms with Gasteiger partial charge >= 0.3 is 12.0 Å². The van der Waals surface area contributed by atoms with Crippen LogP contribution in [0.1, 0.15) is 40.0 Å². The van der Waals surface area contributed by atoms with Crippen LogP contribution in [0.15, 0.2) is 0 Å². The molecule has 19 heavy (non-hydrogen) atoms. The molecule has 1 N–H and O–H groups in total. The molecule has 5 nitrogen and oxygen atoms in total. The van der Waals surface area contributed by atoms with Crippen LogP contribution in [0.3, 0.4) is 0 Å². The standard InChI is InChI=1S/C14H26N2O3/c1-5-8-15(4)13(19)16-9-6-7-11(10-16)14(2,3)12(17)18/h11H,5-10H2,1-4H3,(H,17,18). The Balaban J connectivity index is 2.69. The number of hydrogen-bond donors (Lipinski definition) is 1. The van der Waals surface area contributed by atoms with Gasteiger partial charge in [-0.1, -0.05) is 6.92 Å². The van der Waals surface area contributed by atoms with Crippen LogP contribution >= 0.6 is 0 Å². The molecule has 1 saturated heterocycles. The molecule has 0 aromatic carbocycles. The first kappa shape index (κ1) is 15.8. The smallest absolute Gasteiger partial charge is 0.319 e. The number of rotatable bonds is 4. The fourth-order valence-corrected chi connectivity index (χ4v) is 2.59. The van der Waals surface area contributed by atoms with Crippen LogP contribution in [-0.2, 0) is 4.79 Å². The van der Waals surface area contributed by atoms with E-state index in [0.717, 1.165) is 32.4 Å². The lowest BCUT2D eigenvalue weighted by Crippen LogP contribution is -2.50. The van der Waals surface area contributed by atoms with Crippen LogP contribution < -0.4 is 0 Å². The number of hydrogen-bond acceptors (Lipinski definition) is 2. The molecular formula is C14H26N2O3. The second-order valence-corrected chi connectivity index (χ2v) is 6.02. The predicted molar refractivity (Wildman–Crippen MR) is 74.0 cm³/mol. The molecule has 0 radical (unpaired) electrons. The zero-order valence-corrected chi connectivity index (χ0v) is 12.5. The van der Waals surface area contributed by atoms with Gasteiger partial charge in [0.1, 0.15) is 0 Å². The highest BCUT2D eigenvalue weighted by molar-refractivity contribution is 5.76. The molecule has 1 aliphatic rings. The number of amides is 2. The van der Waals surface area contributed by atoms with E-state index < -0.39 is 11.4 Å². The SMILES string of the molecule is CCCN(C)C(=O)N1CCCC(C(C)(C)C(=O)O)C1. The highest BCUT2D eigenvalue weighted by Crippen LogP contribution is 2.34. The van der Waals surface area contributed by atoms with Gasteiger partial charge in [0.05, 0.1) is 5.41 Å². The molecule has 0 saturated carbocycles. The molecule has 1 heterocycles. The Morgan fingerprint density at radius 2 is 2.05 bits per heavy atom. The molecule has 0 spiro atoms. The number of carboxylic acid groups (broad SMARTS) is 1. The van der Waals surface area contributed by atoms with E-state index in [9.17, 15) is 14.7 Å². The Kier molecular flexibility index (Phi) is 5.20. The van der Waals surface area contributed by atoms with Gasteiger partial charge in [0.25, 0.3) is 0 Å². The van der Waals surface area contributed by atoms with Gasteiger partial charge in [-0.05, 0) is 39.0 Å². The van der Waals surface area contributed by atoms with E-state index in [0.29, 0.717) is 6.54 Å². The molecule has 1 unspecified atom stereocenters. The molecule has 0 aromatic rings. The lowest BCUT2D eigenvalue weighted by molar-refractivity contribution is -0.151. The van der Waals surface area contributed by atoms with Crippen molar-refractivity contribution in [1.82, 2.24) is 9.80 Å². The second kappa shape index (κ2) is 6.26. The highest BCUT2D eigenvalue weighted by atomic mass is 16.4. The summed E-state index contributed by atoms with van der Waals surface area (Å²) in [4.78, 5) is 27.1. The monoisotopic (exact) mass is 270 g/mol. The van der Waals surface area contributed by atoms with Gasteiger partial charge < -0.3 is 14.9 Å². The Bertz CT molecular complexity index is 342. The summed E-state index contributed by atoms with van der Waals surface area (Å²) in [6, 6.07) is 0.0211. The maximum absolute atomic E-state index is 12.2. The quantitative estimate of drug-likeness (QED) is 0.852. The van der Waals surface area contributed by atoms with Gasteiger partial charge in [0, 0.05) is 26.7 Å². The lowest BCUT2D eigenvalue weighted by atomic mass is 9.74. The summed E-state index contributed by atoms with van der Waals surface area (Å²) in [5, 5.41) is 9.30. The lowest BCUT2D eigenvalue weighted by Gasteiger charge is -2.40. The third-order valence-electron chi connectivity index (χ3n) is 4.15. The van der Waals surface area contributed by atoms with Crippen molar-refractivity contribution in [1.29, 1.82) is 0 Å². The van der Waals surface area contributed by atoms with E-state index in [-0.39, 0.29) is 11.9 Å². The van der Waals surface area contributed by atoms with Gasteiger partial charge in [-0.2, -0.15) is 0 Å². The van der Waals surface area contributed by atoms with E-state index in [1.807, 2.05) is 6.92 Å². The van der Waals surface area contributed by atoms with Crippen molar-refractivity contribution in [2.75, 3.05) is 26.7 Å². The summed E-state index contributed by atoms with van der Waals surface area (Å²) in [6.45, 7) is 7.57. The van der Waals surface area contributed by atoms with Crippen molar-refractivity contribution in [3.63, 3.8) is 0 Å². The predicted octanol–water partition coefficient (Wildman–Crippen LogP) is 2.27. The Hall–Kier alpha value is -1.26. The number of carbonyl (C=O) groups excluding carboxylic acids is 1. The molecule has 110 valence electrons. The van der Waals surface area contributed by atoms with Gasteiger partial charge in [-0.25, -0.2) is 4.79 Å². The topological polar surface area (TPSA) is 60.9 Å². The Morgan fingerprint density at radius 1 is 1.42 bits per heavy atom. The van der Waals surface area contributed by atoms with Gasteiger partial charge in [-0.15, -0.1) is 0 Å².